The average molecular weight is 232 g/mol. The summed E-state index contributed by atoms with van der Waals surface area (Å²) in [6.07, 6.45) is 0. The Hall–Kier alpha value is -0.600. The molecule has 0 aliphatic rings. The molecule has 1 N–H and O–H groups in total. The Bertz CT molecular complexity index is 333. The zero-order chi connectivity index (χ0) is 12.3. The van der Waals surface area contributed by atoms with Gasteiger partial charge in [0.25, 0.3) is 0 Å². The van der Waals surface area contributed by atoms with Crippen molar-refractivity contribution in [3.05, 3.63) is 0 Å². The van der Waals surface area contributed by atoms with Gasteiger partial charge in [-0.25, -0.2) is 8.42 Å². The van der Waals surface area contributed by atoms with E-state index in [1.807, 2.05) is 40.7 Å². The fourth-order valence-electron chi connectivity index (χ4n) is 1.12. The van der Waals surface area contributed by atoms with Gasteiger partial charge in [0.05, 0.1) is 11.8 Å². The van der Waals surface area contributed by atoms with Gasteiger partial charge in [-0.05, 0) is 11.3 Å². The van der Waals surface area contributed by atoms with Crippen molar-refractivity contribution in [2.24, 2.45) is 11.3 Å². The van der Waals surface area contributed by atoms with Gasteiger partial charge in [0, 0.05) is 0 Å². The van der Waals surface area contributed by atoms with Crippen LogP contribution in [0.2, 0.25) is 0 Å². The van der Waals surface area contributed by atoms with E-state index in [9.17, 15) is 8.42 Å². The highest BCUT2D eigenvalue weighted by molar-refractivity contribution is 7.89. The van der Waals surface area contributed by atoms with Crippen LogP contribution in [0.4, 0.5) is 0 Å². The number of nitrogens with zero attached hydrogens (tertiary/aromatic N) is 1. The Balaban J connectivity index is 4.60. The molecule has 0 aliphatic heterocycles. The van der Waals surface area contributed by atoms with E-state index in [-0.39, 0.29) is 17.1 Å². The highest BCUT2D eigenvalue weighted by atomic mass is 32.2. The van der Waals surface area contributed by atoms with Crippen LogP contribution in [0.25, 0.3) is 0 Å². The van der Waals surface area contributed by atoms with Crippen molar-refractivity contribution < 1.29 is 8.42 Å². The minimum absolute atomic E-state index is 0.0234. The molecular weight excluding hydrogens is 212 g/mol. The van der Waals surface area contributed by atoms with E-state index in [4.69, 9.17) is 5.26 Å². The summed E-state index contributed by atoms with van der Waals surface area (Å²) in [7, 11) is -3.37. The highest BCUT2D eigenvalue weighted by Crippen LogP contribution is 2.16. The van der Waals surface area contributed by atoms with E-state index in [2.05, 4.69) is 4.72 Å². The van der Waals surface area contributed by atoms with Crippen LogP contribution in [0.1, 0.15) is 34.6 Å². The van der Waals surface area contributed by atoms with Gasteiger partial charge in [0.15, 0.2) is 0 Å². The van der Waals surface area contributed by atoms with Crippen molar-refractivity contribution in [1.29, 1.82) is 5.26 Å². The summed E-state index contributed by atoms with van der Waals surface area (Å²) in [5.41, 5.74) is -0.303. The van der Waals surface area contributed by atoms with Gasteiger partial charge >= 0.3 is 0 Å². The van der Waals surface area contributed by atoms with Gasteiger partial charge in [0.1, 0.15) is 6.04 Å². The lowest BCUT2D eigenvalue weighted by atomic mass is 10.0. The van der Waals surface area contributed by atoms with E-state index >= 15 is 0 Å². The number of rotatable bonds is 4. The first-order chi connectivity index (χ1) is 6.57. The van der Waals surface area contributed by atoms with Gasteiger partial charge in [0.2, 0.25) is 10.0 Å². The van der Waals surface area contributed by atoms with Gasteiger partial charge in [-0.3, -0.25) is 0 Å². The molecule has 1 atom stereocenters. The number of sulfonamides is 1. The molecule has 0 amide bonds. The molecule has 5 heteroatoms. The average Bonchev–Trinajstić information content (AvgIpc) is 1.94. The second kappa shape index (κ2) is 4.95. The fourth-order valence-corrected chi connectivity index (χ4v) is 3.05. The molecule has 88 valence electrons. The third kappa shape index (κ3) is 6.47. The number of nitrogens with one attached hydrogen (secondary N) is 1. The van der Waals surface area contributed by atoms with Crippen LogP contribution in [0.3, 0.4) is 0 Å². The largest absolute Gasteiger partial charge is 0.213 e. The van der Waals surface area contributed by atoms with Crippen LogP contribution in [0.5, 0.6) is 0 Å². The smallest absolute Gasteiger partial charge is 0.212 e. The first-order valence-electron chi connectivity index (χ1n) is 4.97. The van der Waals surface area contributed by atoms with Crippen molar-refractivity contribution >= 4 is 10.0 Å². The quantitative estimate of drug-likeness (QED) is 0.798. The number of hydrogen-bond donors (Lipinski definition) is 1. The summed E-state index contributed by atoms with van der Waals surface area (Å²) in [5, 5.41) is 8.78. The third-order valence-corrected chi connectivity index (χ3v) is 3.59. The van der Waals surface area contributed by atoms with Gasteiger partial charge in [-0.1, -0.05) is 34.6 Å². The molecular formula is C10H20N2O2S. The molecule has 0 spiro atoms. The van der Waals surface area contributed by atoms with E-state index < -0.39 is 16.1 Å². The van der Waals surface area contributed by atoms with Crippen LogP contribution in [-0.4, -0.2) is 20.2 Å². The van der Waals surface area contributed by atoms with Crippen LogP contribution in [0, 0.1) is 22.7 Å². The maximum Gasteiger partial charge on any atom is 0.213 e. The molecule has 15 heavy (non-hydrogen) atoms. The van der Waals surface area contributed by atoms with Crippen LogP contribution >= 0.6 is 0 Å². The van der Waals surface area contributed by atoms with Crippen LogP contribution in [0.15, 0.2) is 0 Å². The second-order valence-electron chi connectivity index (χ2n) is 5.29. The normalized spacial score (nSPS) is 15.0. The molecule has 0 bridgehead atoms. The molecule has 0 aromatic rings. The molecule has 0 aromatic heterocycles. The van der Waals surface area contributed by atoms with E-state index in [1.54, 1.807) is 0 Å². The second-order valence-corrected chi connectivity index (χ2v) is 7.04. The lowest BCUT2D eigenvalue weighted by molar-refractivity contribution is 0.449. The zero-order valence-electron chi connectivity index (χ0n) is 10.0. The van der Waals surface area contributed by atoms with Crippen LogP contribution in [-0.2, 0) is 10.0 Å². The molecule has 0 saturated heterocycles. The molecule has 0 saturated carbocycles. The predicted octanol–water partition coefficient (Wildman–Crippen LogP) is 1.50. The Morgan fingerprint density at radius 3 is 2.07 bits per heavy atom. The lowest BCUT2D eigenvalue weighted by Crippen LogP contribution is -2.41. The molecule has 4 nitrogen and oxygen atoms in total. The molecule has 0 aliphatic carbocycles. The maximum absolute atomic E-state index is 11.7. The zero-order valence-corrected chi connectivity index (χ0v) is 10.9. The molecule has 0 fully saturated rings. The van der Waals surface area contributed by atoms with Crippen molar-refractivity contribution in [1.82, 2.24) is 4.72 Å². The predicted molar refractivity (Wildman–Crippen MR) is 60.6 cm³/mol. The minimum atomic E-state index is -3.37. The van der Waals surface area contributed by atoms with Gasteiger partial charge < -0.3 is 0 Å². The monoisotopic (exact) mass is 232 g/mol. The summed E-state index contributed by atoms with van der Waals surface area (Å²) in [6.45, 7) is 9.18. The number of hydrogen-bond acceptors (Lipinski definition) is 3. The van der Waals surface area contributed by atoms with E-state index in [0.717, 1.165) is 0 Å². The fraction of sp³-hybridized carbons (Fsp3) is 0.900. The van der Waals surface area contributed by atoms with Crippen molar-refractivity contribution in [3.63, 3.8) is 0 Å². The Labute approximate surface area is 92.7 Å². The Kier molecular flexibility index (Phi) is 4.75. The highest BCUT2D eigenvalue weighted by Gasteiger charge is 2.25. The molecule has 0 rings (SSSR count). The van der Waals surface area contributed by atoms with Crippen molar-refractivity contribution in [2.45, 2.75) is 40.7 Å². The van der Waals surface area contributed by atoms with Gasteiger partial charge in [-0.15, -0.1) is 0 Å². The van der Waals surface area contributed by atoms with E-state index in [1.165, 1.54) is 0 Å². The maximum atomic E-state index is 11.7. The first-order valence-corrected chi connectivity index (χ1v) is 6.62. The van der Waals surface area contributed by atoms with Gasteiger partial charge in [-0.2, -0.15) is 9.98 Å². The first kappa shape index (κ1) is 14.4. The van der Waals surface area contributed by atoms with E-state index in [0.29, 0.717) is 0 Å². The SMILES string of the molecule is CC(C)C(C#N)NS(=O)(=O)CC(C)(C)C. The number of nitriles is 1. The van der Waals surface area contributed by atoms with Crippen molar-refractivity contribution in [3.8, 4) is 6.07 Å². The van der Waals surface area contributed by atoms with Crippen LogP contribution < -0.4 is 4.72 Å². The van der Waals surface area contributed by atoms with Crippen molar-refractivity contribution in [2.75, 3.05) is 5.75 Å². The Morgan fingerprint density at radius 2 is 1.80 bits per heavy atom. The summed E-state index contributed by atoms with van der Waals surface area (Å²) in [4.78, 5) is 0. The summed E-state index contributed by atoms with van der Waals surface area (Å²) < 4.78 is 25.7. The summed E-state index contributed by atoms with van der Waals surface area (Å²) >= 11 is 0. The standard InChI is InChI=1S/C10H20N2O2S/c1-8(2)9(6-11)12-15(13,14)7-10(3,4)5/h8-9,12H,7H2,1-5H3. The Morgan fingerprint density at radius 1 is 1.33 bits per heavy atom. The third-order valence-electron chi connectivity index (χ3n) is 1.74. The molecule has 0 radical (unpaired) electrons. The summed E-state index contributed by atoms with van der Waals surface area (Å²) in [5.74, 6) is 0.00925. The molecule has 1 unspecified atom stereocenters. The molecule has 0 aromatic carbocycles. The molecule has 0 heterocycles. The topological polar surface area (TPSA) is 70.0 Å². The summed E-state index contributed by atoms with van der Waals surface area (Å²) in [6, 6.07) is 1.31. The lowest BCUT2D eigenvalue weighted by Gasteiger charge is -2.21. The minimum Gasteiger partial charge on any atom is -0.212 e.